The molecule has 2 aromatic rings. The van der Waals surface area contributed by atoms with Gasteiger partial charge in [0.25, 0.3) is 0 Å². The molecule has 26 heavy (non-hydrogen) atoms. The quantitative estimate of drug-likeness (QED) is 0.826. The van der Waals surface area contributed by atoms with Crippen molar-refractivity contribution in [3.63, 3.8) is 0 Å². The fourth-order valence-corrected chi connectivity index (χ4v) is 3.56. The third-order valence-corrected chi connectivity index (χ3v) is 5.11. The molecule has 0 spiro atoms. The zero-order chi connectivity index (χ0) is 18.4. The molecule has 1 aliphatic heterocycles. The van der Waals surface area contributed by atoms with Crippen LogP contribution in [0.5, 0.6) is 0 Å². The summed E-state index contributed by atoms with van der Waals surface area (Å²) in [5, 5.41) is 0. The van der Waals surface area contributed by atoms with E-state index in [2.05, 4.69) is 16.9 Å². The minimum absolute atomic E-state index is 0.0168. The van der Waals surface area contributed by atoms with Gasteiger partial charge in [0.15, 0.2) is 0 Å². The van der Waals surface area contributed by atoms with E-state index in [4.69, 9.17) is 0 Å². The Labute approximate surface area is 154 Å². The molecule has 1 atom stereocenters. The highest BCUT2D eigenvalue weighted by atomic mass is 19.1. The molecule has 0 N–H and O–H groups in total. The van der Waals surface area contributed by atoms with Crippen molar-refractivity contribution in [2.24, 2.45) is 0 Å². The van der Waals surface area contributed by atoms with Gasteiger partial charge < -0.3 is 4.90 Å². The SMILES string of the molecule is CN(Cc1ccccn1)[C@H]1CCCN(C(=O)Cc2ccccc2F)CC1. The van der Waals surface area contributed by atoms with Gasteiger partial charge in [-0.05, 0) is 50.1 Å². The molecule has 3 rings (SSSR count). The van der Waals surface area contributed by atoms with Crippen LogP contribution in [0.4, 0.5) is 4.39 Å². The summed E-state index contributed by atoms with van der Waals surface area (Å²) >= 11 is 0. The third-order valence-electron chi connectivity index (χ3n) is 5.11. The molecular weight excluding hydrogens is 329 g/mol. The van der Waals surface area contributed by atoms with Crippen molar-refractivity contribution in [3.05, 3.63) is 65.7 Å². The molecular formula is C21H26FN3O. The van der Waals surface area contributed by atoms with Gasteiger partial charge in [-0.3, -0.25) is 14.7 Å². The summed E-state index contributed by atoms with van der Waals surface area (Å²) in [5.41, 5.74) is 1.54. The average molecular weight is 355 g/mol. The Morgan fingerprint density at radius 1 is 1.19 bits per heavy atom. The normalized spacial score (nSPS) is 18.0. The van der Waals surface area contributed by atoms with Crippen LogP contribution in [0, 0.1) is 5.82 Å². The number of pyridine rings is 1. The van der Waals surface area contributed by atoms with Crippen LogP contribution in [0.25, 0.3) is 0 Å². The topological polar surface area (TPSA) is 36.4 Å². The molecule has 0 radical (unpaired) electrons. The van der Waals surface area contributed by atoms with Gasteiger partial charge in [-0.15, -0.1) is 0 Å². The minimum atomic E-state index is -0.302. The number of benzene rings is 1. The Bertz CT molecular complexity index is 722. The second kappa shape index (κ2) is 8.90. The first-order chi connectivity index (χ1) is 12.6. The van der Waals surface area contributed by atoms with Gasteiger partial charge in [0.1, 0.15) is 5.82 Å². The summed E-state index contributed by atoms with van der Waals surface area (Å²) < 4.78 is 13.8. The molecule has 1 aliphatic rings. The van der Waals surface area contributed by atoms with E-state index in [1.165, 1.54) is 6.07 Å². The fraction of sp³-hybridized carbons (Fsp3) is 0.429. The number of likely N-dealkylation sites (tertiary alicyclic amines) is 1. The van der Waals surface area contributed by atoms with Crippen LogP contribution in [-0.4, -0.2) is 46.9 Å². The molecule has 0 unspecified atom stereocenters. The van der Waals surface area contributed by atoms with Crippen LogP contribution >= 0.6 is 0 Å². The number of carbonyl (C=O) groups excluding carboxylic acids is 1. The molecule has 1 amide bonds. The van der Waals surface area contributed by atoms with E-state index in [1.54, 1.807) is 18.2 Å². The lowest BCUT2D eigenvalue weighted by Crippen LogP contribution is -2.35. The highest BCUT2D eigenvalue weighted by molar-refractivity contribution is 5.78. The van der Waals surface area contributed by atoms with Gasteiger partial charge in [-0.1, -0.05) is 24.3 Å². The maximum Gasteiger partial charge on any atom is 0.227 e. The first kappa shape index (κ1) is 18.5. The highest BCUT2D eigenvalue weighted by Crippen LogP contribution is 2.18. The zero-order valence-electron chi connectivity index (χ0n) is 15.3. The summed E-state index contributed by atoms with van der Waals surface area (Å²) in [5.74, 6) is -0.285. The number of hydrogen-bond acceptors (Lipinski definition) is 3. The van der Waals surface area contributed by atoms with E-state index in [0.717, 1.165) is 44.6 Å². The number of rotatable bonds is 5. The number of halogens is 1. The van der Waals surface area contributed by atoms with Crippen molar-refractivity contribution in [2.45, 2.75) is 38.3 Å². The average Bonchev–Trinajstić information content (AvgIpc) is 2.91. The second-order valence-electron chi connectivity index (χ2n) is 6.97. The Morgan fingerprint density at radius 3 is 2.77 bits per heavy atom. The van der Waals surface area contributed by atoms with Crippen LogP contribution in [-0.2, 0) is 17.8 Å². The lowest BCUT2D eigenvalue weighted by atomic mass is 10.1. The lowest BCUT2D eigenvalue weighted by Gasteiger charge is -2.27. The minimum Gasteiger partial charge on any atom is -0.342 e. The van der Waals surface area contributed by atoms with Gasteiger partial charge in [-0.2, -0.15) is 0 Å². The van der Waals surface area contributed by atoms with E-state index in [-0.39, 0.29) is 18.1 Å². The third kappa shape index (κ3) is 4.88. The Morgan fingerprint density at radius 2 is 2.00 bits per heavy atom. The Hall–Kier alpha value is -2.27. The van der Waals surface area contributed by atoms with E-state index in [9.17, 15) is 9.18 Å². The van der Waals surface area contributed by atoms with Crippen molar-refractivity contribution in [2.75, 3.05) is 20.1 Å². The molecule has 1 fully saturated rings. The fourth-order valence-electron chi connectivity index (χ4n) is 3.56. The van der Waals surface area contributed by atoms with Crippen LogP contribution in [0.3, 0.4) is 0 Å². The van der Waals surface area contributed by atoms with Crippen LogP contribution in [0.2, 0.25) is 0 Å². The van der Waals surface area contributed by atoms with E-state index in [0.29, 0.717) is 11.6 Å². The summed E-state index contributed by atoms with van der Waals surface area (Å²) in [7, 11) is 2.12. The van der Waals surface area contributed by atoms with Crippen molar-refractivity contribution in [1.29, 1.82) is 0 Å². The number of carbonyl (C=O) groups is 1. The molecule has 5 heteroatoms. The summed E-state index contributed by atoms with van der Waals surface area (Å²) in [6.45, 7) is 2.29. The molecule has 4 nitrogen and oxygen atoms in total. The summed E-state index contributed by atoms with van der Waals surface area (Å²) in [4.78, 5) is 21.2. The van der Waals surface area contributed by atoms with Crippen molar-refractivity contribution in [3.8, 4) is 0 Å². The van der Waals surface area contributed by atoms with E-state index >= 15 is 0 Å². The van der Waals surface area contributed by atoms with E-state index in [1.807, 2.05) is 29.3 Å². The van der Waals surface area contributed by atoms with Crippen molar-refractivity contribution in [1.82, 2.24) is 14.8 Å². The molecule has 1 saturated heterocycles. The Balaban J connectivity index is 1.54. The van der Waals surface area contributed by atoms with Gasteiger partial charge in [-0.25, -0.2) is 4.39 Å². The zero-order valence-corrected chi connectivity index (χ0v) is 15.3. The first-order valence-corrected chi connectivity index (χ1v) is 9.25. The standard InChI is InChI=1S/C21H26FN3O/c1-24(16-18-8-4-5-12-23-18)19-9-6-13-25(14-11-19)21(26)15-17-7-2-3-10-20(17)22/h2-5,7-8,10,12,19H,6,9,11,13-16H2,1H3/t19-/m0/s1. The van der Waals surface area contributed by atoms with Crippen molar-refractivity contribution >= 4 is 5.91 Å². The monoisotopic (exact) mass is 355 g/mol. The first-order valence-electron chi connectivity index (χ1n) is 9.25. The number of hydrogen-bond donors (Lipinski definition) is 0. The molecule has 1 aromatic heterocycles. The summed E-state index contributed by atoms with van der Waals surface area (Å²) in [6.07, 6.45) is 4.93. The maximum atomic E-state index is 13.8. The largest absolute Gasteiger partial charge is 0.342 e. The van der Waals surface area contributed by atoms with E-state index < -0.39 is 0 Å². The number of amides is 1. The molecule has 2 heterocycles. The van der Waals surface area contributed by atoms with Crippen LogP contribution < -0.4 is 0 Å². The maximum absolute atomic E-state index is 13.8. The van der Waals surface area contributed by atoms with Gasteiger partial charge in [0.2, 0.25) is 5.91 Å². The summed E-state index contributed by atoms with van der Waals surface area (Å²) in [6, 6.07) is 12.9. The molecule has 138 valence electrons. The smallest absolute Gasteiger partial charge is 0.227 e. The van der Waals surface area contributed by atoms with Gasteiger partial charge in [0, 0.05) is 31.9 Å². The van der Waals surface area contributed by atoms with Crippen molar-refractivity contribution < 1.29 is 9.18 Å². The number of aromatic nitrogens is 1. The molecule has 0 aliphatic carbocycles. The molecule has 0 bridgehead atoms. The predicted molar refractivity (Wildman–Crippen MR) is 100 cm³/mol. The molecule has 0 saturated carbocycles. The number of nitrogens with zero attached hydrogens (tertiary/aromatic N) is 3. The van der Waals surface area contributed by atoms with Gasteiger partial charge >= 0.3 is 0 Å². The molecule has 1 aromatic carbocycles. The predicted octanol–water partition coefficient (Wildman–Crippen LogP) is 3.28. The second-order valence-corrected chi connectivity index (χ2v) is 6.97. The van der Waals surface area contributed by atoms with Gasteiger partial charge in [0.05, 0.1) is 12.1 Å². The van der Waals surface area contributed by atoms with Crippen LogP contribution in [0.1, 0.15) is 30.5 Å². The lowest BCUT2D eigenvalue weighted by molar-refractivity contribution is -0.130. The van der Waals surface area contributed by atoms with Crippen LogP contribution in [0.15, 0.2) is 48.7 Å². The highest BCUT2D eigenvalue weighted by Gasteiger charge is 2.23. The Kier molecular flexibility index (Phi) is 6.34.